The van der Waals surface area contributed by atoms with Crippen molar-refractivity contribution in [3.63, 3.8) is 0 Å². The summed E-state index contributed by atoms with van der Waals surface area (Å²) in [4.78, 5) is 12.1. The molecule has 0 aliphatic rings. The zero-order chi connectivity index (χ0) is 14.6. The average Bonchev–Trinajstić information content (AvgIpc) is 2.26. The SMILES string of the molecule is Cc1ccc(C(=O)NC(CCBr)C(C)(C)C)c(F)c1. The summed E-state index contributed by atoms with van der Waals surface area (Å²) >= 11 is 3.39. The summed E-state index contributed by atoms with van der Waals surface area (Å²) in [5.41, 5.74) is 0.848. The van der Waals surface area contributed by atoms with Crippen molar-refractivity contribution < 1.29 is 9.18 Å². The van der Waals surface area contributed by atoms with Gasteiger partial charge in [-0.1, -0.05) is 42.8 Å². The number of hydrogen-bond acceptors (Lipinski definition) is 1. The topological polar surface area (TPSA) is 29.1 Å². The Labute approximate surface area is 122 Å². The minimum absolute atomic E-state index is 0.0000723. The molecule has 1 unspecified atom stereocenters. The normalized spacial score (nSPS) is 13.2. The highest BCUT2D eigenvalue weighted by molar-refractivity contribution is 9.09. The van der Waals surface area contributed by atoms with Gasteiger partial charge in [0.1, 0.15) is 5.82 Å². The first-order valence-corrected chi connectivity index (χ1v) is 7.51. The van der Waals surface area contributed by atoms with Gasteiger partial charge >= 0.3 is 0 Å². The van der Waals surface area contributed by atoms with E-state index in [1.165, 1.54) is 12.1 Å². The van der Waals surface area contributed by atoms with Crippen molar-refractivity contribution in [3.8, 4) is 0 Å². The van der Waals surface area contributed by atoms with Crippen LogP contribution in [0.5, 0.6) is 0 Å². The van der Waals surface area contributed by atoms with Crippen LogP contribution in [0, 0.1) is 18.2 Å². The molecule has 1 aromatic rings. The molecule has 0 heterocycles. The lowest BCUT2D eigenvalue weighted by molar-refractivity contribution is 0.0896. The predicted molar refractivity (Wildman–Crippen MR) is 80.3 cm³/mol. The summed E-state index contributed by atoms with van der Waals surface area (Å²) in [6.07, 6.45) is 0.808. The van der Waals surface area contributed by atoms with Gasteiger partial charge in [-0.3, -0.25) is 4.79 Å². The standard InChI is InChI=1S/C15H21BrFNO/c1-10-5-6-11(12(17)9-10)14(19)18-13(7-8-16)15(2,3)4/h5-6,9,13H,7-8H2,1-4H3,(H,18,19). The molecule has 0 aliphatic carbocycles. The van der Waals surface area contributed by atoms with Crippen molar-refractivity contribution in [1.29, 1.82) is 0 Å². The Kier molecular flexibility index (Phi) is 5.53. The smallest absolute Gasteiger partial charge is 0.254 e. The molecule has 0 bridgehead atoms. The molecule has 1 rings (SSSR count). The molecule has 0 fully saturated rings. The third-order valence-corrected chi connectivity index (χ3v) is 3.58. The highest BCUT2D eigenvalue weighted by atomic mass is 79.9. The summed E-state index contributed by atoms with van der Waals surface area (Å²) < 4.78 is 13.8. The molecule has 0 saturated carbocycles. The van der Waals surface area contributed by atoms with E-state index < -0.39 is 5.82 Å². The number of benzene rings is 1. The quantitative estimate of drug-likeness (QED) is 0.829. The molecular weight excluding hydrogens is 309 g/mol. The molecule has 1 amide bonds. The van der Waals surface area contributed by atoms with Crippen molar-refractivity contribution in [3.05, 3.63) is 35.1 Å². The van der Waals surface area contributed by atoms with E-state index in [0.29, 0.717) is 0 Å². The van der Waals surface area contributed by atoms with Crippen molar-refractivity contribution in [1.82, 2.24) is 5.32 Å². The molecule has 19 heavy (non-hydrogen) atoms. The first-order chi connectivity index (χ1) is 8.75. The maximum absolute atomic E-state index is 13.8. The molecule has 1 atom stereocenters. The molecule has 2 nitrogen and oxygen atoms in total. The van der Waals surface area contributed by atoms with Crippen LogP contribution < -0.4 is 5.32 Å². The first-order valence-electron chi connectivity index (χ1n) is 6.38. The zero-order valence-corrected chi connectivity index (χ0v) is 13.5. The lowest BCUT2D eigenvalue weighted by Gasteiger charge is -2.31. The van der Waals surface area contributed by atoms with Crippen LogP contribution in [0.2, 0.25) is 0 Å². The van der Waals surface area contributed by atoms with Gasteiger partial charge in [-0.05, 0) is 36.5 Å². The number of nitrogens with one attached hydrogen (secondary N) is 1. The average molecular weight is 330 g/mol. The van der Waals surface area contributed by atoms with Crippen LogP contribution in [-0.2, 0) is 0 Å². The summed E-state index contributed by atoms with van der Waals surface area (Å²) in [6, 6.07) is 4.66. The fraction of sp³-hybridized carbons (Fsp3) is 0.533. The monoisotopic (exact) mass is 329 g/mol. The van der Waals surface area contributed by atoms with Crippen LogP contribution in [0.4, 0.5) is 4.39 Å². The third kappa shape index (κ3) is 4.60. The van der Waals surface area contributed by atoms with E-state index in [4.69, 9.17) is 0 Å². The van der Waals surface area contributed by atoms with Crippen molar-refractivity contribution in [2.75, 3.05) is 5.33 Å². The van der Waals surface area contributed by atoms with Gasteiger partial charge in [-0.25, -0.2) is 4.39 Å². The maximum Gasteiger partial charge on any atom is 0.254 e. The van der Waals surface area contributed by atoms with E-state index in [1.807, 2.05) is 0 Å². The van der Waals surface area contributed by atoms with Gasteiger partial charge < -0.3 is 5.32 Å². The number of alkyl halides is 1. The Morgan fingerprint density at radius 2 is 2.05 bits per heavy atom. The first kappa shape index (κ1) is 16.2. The van der Waals surface area contributed by atoms with Crippen LogP contribution >= 0.6 is 15.9 Å². The number of carbonyl (C=O) groups is 1. The second-order valence-electron chi connectivity index (χ2n) is 5.85. The van der Waals surface area contributed by atoms with Gasteiger partial charge in [-0.2, -0.15) is 0 Å². The molecule has 0 aliphatic heterocycles. The second-order valence-corrected chi connectivity index (χ2v) is 6.65. The maximum atomic E-state index is 13.8. The Bertz CT molecular complexity index is 454. The van der Waals surface area contributed by atoms with E-state index in [9.17, 15) is 9.18 Å². The van der Waals surface area contributed by atoms with E-state index in [1.54, 1.807) is 13.0 Å². The van der Waals surface area contributed by atoms with Gasteiger partial charge in [0.15, 0.2) is 0 Å². The largest absolute Gasteiger partial charge is 0.349 e. The molecular formula is C15H21BrFNO. The molecule has 1 N–H and O–H groups in total. The summed E-state index contributed by atoms with van der Waals surface area (Å²) in [5, 5.41) is 3.72. The number of amides is 1. The highest BCUT2D eigenvalue weighted by Crippen LogP contribution is 2.23. The number of hydrogen-bond donors (Lipinski definition) is 1. The lowest BCUT2D eigenvalue weighted by atomic mass is 9.85. The molecule has 106 valence electrons. The molecule has 0 radical (unpaired) electrons. The van der Waals surface area contributed by atoms with Crippen molar-refractivity contribution in [2.24, 2.45) is 5.41 Å². The highest BCUT2D eigenvalue weighted by Gasteiger charge is 2.26. The van der Waals surface area contributed by atoms with Gasteiger partial charge in [-0.15, -0.1) is 0 Å². The number of aryl methyl sites for hydroxylation is 1. The van der Waals surface area contributed by atoms with E-state index in [-0.39, 0.29) is 22.9 Å². The Morgan fingerprint density at radius 3 is 2.53 bits per heavy atom. The van der Waals surface area contributed by atoms with Gasteiger partial charge in [0.05, 0.1) is 5.56 Å². The molecule has 0 saturated heterocycles. The fourth-order valence-electron chi connectivity index (χ4n) is 1.87. The predicted octanol–water partition coefficient (Wildman–Crippen LogP) is 4.06. The zero-order valence-electron chi connectivity index (χ0n) is 11.9. The second kappa shape index (κ2) is 6.51. The van der Waals surface area contributed by atoms with Crippen LogP contribution in [0.1, 0.15) is 43.1 Å². The van der Waals surface area contributed by atoms with Crippen LogP contribution in [0.3, 0.4) is 0 Å². The van der Waals surface area contributed by atoms with E-state index >= 15 is 0 Å². The van der Waals surface area contributed by atoms with Gasteiger partial charge in [0, 0.05) is 11.4 Å². The summed E-state index contributed by atoms with van der Waals surface area (Å²) in [5.74, 6) is -0.817. The molecule has 0 spiro atoms. The third-order valence-electron chi connectivity index (χ3n) is 3.12. The fourth-order valence-corrected chi connectivity index (χ4v) is 2.33. The van der Waals surface area contributed by atoms with Gasteiger partial charge in [0.2, 0.25) is 0 Å². The van der Waals surface area contributed by atoms with Crippen LogP contribution in [0.15, 0.2) is 18.2 Å². The minimum atomic E-state index is -0.469. The lowest BCUT2D eigenvalue weighted by Crippen LogP contribution is -2.44. The number of rotatable bonds is 4. The molecule has 4 heteroatoms. The van der Waals surface area contributed by atoms with E-state index in [0.717, 1.165) is 17.3 Å². The molecule has 1 aromatic carbocycles. The summed E-state index contributed by atoms with van der Waals surface area (Å²) in [6.45, 7) is 7.98. The van der Waals surface area contributed by atoms with E-state index in [2.05, 4.69) is 42.0 Å². The van der Waals surface area contributed by atoms with Crippen molar-refractivity contribution in [2.45, 2.75) is 40.2 Å². The van der Waals surface area contributed by atoms with Crippen LogP contribution in [0.25, 0.3) is 0 Å². The Balaban J connectivity index is 2.88. The Hall–Kier alpha value is -0.900. The van der Waals surface area contributed by atoms with Crippen LogP contribution in [-0.4, -0.2) is 17.3 Å². The number of halogens is 2. The summed E-state index contributed by atoms with van der Waals surface area (Å²) in [7, 11) is 0. The molecule has 0 aromatic heterocycles. The van der Waals surface area contributed by atoms with Crippen molar-refractivity contribution >= 4 is 21.8 Å². The number of carbonyl (C=O) groups excluding carboxylic acids is 1. The van der Waals surface area contributed by atoms with Gasteiger partial charge in [0.25, 0.3) is 5.91 Å². The Morgan fingerprint density at radius 1 is 1.42 bits per heavy atom. The minimum Gasteiger partial charge on any atom is -0.349 e.